The molecule has 0 amide bonds. The van der Waals surface area contributed by atoms with E-state index < -0.39 is 0 Å². The van der Waals surface area contributed by atoms with Gasteiger partial charge >= 0.3 is 0 Å². The Balaban J connectivity index is 2.08. The number of hydrogen-bond acceptors (Lipinski definition) is 5. The number of rotatable bonds is 6. The van der Waals surface area contributed by atoms with Crippen molar-refractivity contribution >= 4 is 23.5 Å². The largest absolute Gasteiger partial charge is 0.354 e. The van der Waals surface area contributed by atoms with Crippen molar-refractivity contribution < 1.29 is 0 Å². The summed E-state index contributed by atoms with van der Waals surface area (Å²) in [5.41, 5.74) is 0.692. The molecular formula is C15H26ClN5. The molecule has 0 bridgehead atoms. The summed E-state index contributed by atoms with van der Waals surface area (Å²) in [7, 11) is 0. The van der Waals surface area contributed by atoms with Crippen LogP contribution >= 0.6 is 11.6 Å². The molecule has 1 aliphatic carbocycles. The zero-order valence-electron chi connectivity index (χ0n) is 13.9. The van der Waals surface area contributed by atoms with Gasteiger partial charge in [-0.25, -0.2) is 0 Å². The fourth-order valence-corrected chi connectivity index (χ4v) is 3.26. The zero-order valence-corrected chi connectivity index (χ0v) is 14.6. The topological polar surface area (TPSA) is 53.9 Å². The maximum atomic E-state index is 6.02. The van der Waals surface area contributed by atoms with E-state index in [0.29, 0.717) is 28.6 Å². The Labute approximate surface area is 132 Å². The lowest BCUT2D eigenvalue weighted by atomic mass is 10.0. The number of anilines is 2. The molecule has 0 unspecified atom stereocenters. The molecule has 1 saturated carbocycles. The van der Waals surface area contributed by atoms with E-state index in [-0.39, 0.29) is 5.28 Å². The van der Waals surface area contributed by atoms with Crippen LogP contribution in [-0.2, 0) is 0 Å². The summed E-state index contributed by atoms with van der Waals surface area (Å²) in [5.74, 6) is 1.81. The Morgan fingerprint density at radius 1 is 1.05 bits per heavy atom. The van der Waals surface area contributed by atoms with Gasteiger partial charge in [0.2, 0.25) is 17.2 Å². The molecule has 0 atom stereocenters. The first-order valence-electron chi connectivity index (χ1n) is 7.64. The van der Waals surface area contributed by atoms with E-state index >= 15 is 0 Å². The molecule has 6 heteroatoms. The maximum Gasteiger partial charge on any atom is 0.231 e. The third kappa shape index (κ3) is 2.93. The van der Waals surface area contributed by atoms with Crippen LogP contribution < -0.4 is 10.2 Å². The van der Waals surface area contributed by atoms with Crippen molar-refractivity contribution in [3.05, 3.63) is 5.28 Å². The predicted molar refractivity (Wildman–Crippen MR) is 87.9 cm³/mol. The third-order valence-electron chi connectivity index (χ3n) is 5.43. The van der Waals surface area contributed by atoms with Gasteiger partial charge in [0, 0.05) is 19.6 Å². The minimum atomic E-state index is 0.240. The van der Waals surface area contributed by atoms with E-state index in [4.69, 9.17) is 11.6 Å². The van der Waals surface area contributed by atoms with Crippen molar-refractivity contribution in [2.24, 2.45) is 16.7 Å². The summed E-state index contributed by atoms with van der Waals surface area (Å²) in [6, 6.07) is 0. The van der Waals surface area contributed by atoms with Crippen LogP contribution in [-0.4, -0.2) is 34.6 Å². The van der Waals surface area contributed by atoms with Gasteiger partial charge in [-0.05, 0) is 42.2 Å². The zero-order chi connectivity index (χ0) is 15.8. The molecule has 1 aromatic heterocycles. The molecule has 21 heavy (non-hydrogen) atoms. The summed E-state index contributed by atoms with van der Waals surface area (Å²) in [6.07, 6.45) is 0. The third-order valence-corrected chi connectivity index (χ3v) is 5.60. The van der Waals surface area contributed by atoms with Crippen LogP contribution in [0.25, 0.3) is 0 Å². The molecule has 1 fully saturated rings. The molecule has 1 aromatic rings. The van der Waals surface area contributed by atoms with Crippen LogP contribution in [0, 0.1) is 16.7 Å². The molecule has 1 heterocycles. The van der Waals surface area contributed by atoms with Crippen LogP contribution in [0.5, 0.6) is 0 Å². The molecule has 0 radical (unpaired) electrons. The van der Waals surface area contributed by atoms with Crippen LogP contribution in [0.4, 0.5) is 11.9 Å². The van der Waals surface area contributed by atoms with Gasteiger partial charge in [0.05, 0.1) is 0 Å². The van der Waals surface area contributed by atoms with Crippen LogP contribution in [0.1, 0.15) is 41.5 Å². The summed E-state index contributed by atoms with van der Waals surface area (Å²) in [5, 5.41) is 3.57. The first-order valence-corrected chi connectivity index (χ1v) is 8.02. The highest BCUT2D eigenvalue weighted by molar-refractivity contribution is 6.28. The number of nitrogens with one attached hydrogen (secondary N) is 1. The average Bonchev–Trinajstić information content (AvgIpc) is 2.78. The van der Waals surface area contributed by atoms with Crippen molar-refractivity contribution in [3.63, 3.8) is 0 Å². The fourth-order valence-electron chi connectivity index (χ4n) is 3.10. The minimum absolute atomic E-state index is 0.240. The van der Waals surface area contributed by atoms with Gasteiger partial charge in [0.1, 0.15) is 0 Å². The van der Waals surface area contributed by atoms with Crippen molar-refractivity contribution in [2.75, 3.05) is 29.9 Å². The lowest BCUT2D eigenvalue weighted by Crippen LogP contribution is -2.25. The summed E-state index contributed by atoms with van der Waals surface area (Å²) < 4.78 is 0. The van der Waals surface area contributed by atoms with Gasteiger partial charge in [-0.15, -0.1) is 0 Å². The number of nitrogens with zero attached hydrogens (tertiary/aromatic N) is 4. The molecule has 0 spiro atoms. The highest BCUT2D eigenvalue weighted by Gasteiger charge is 2.64. The van der Waals surface area contributed by atoms with Gasteiger partial charge in [0.15, 0.2) is 0 Å². The summed E-state index contributed by atoms with van der Waals surface area (Å²) >= 11 is 6.02. The van der Waals surface area contributed by atoms with Crippen molar-refractivity contribution in [2.45, 2.75) is 41.5 Å². The Hall–Kier alpha value is -1.10. The Morgan fingerprint density at radius 2 is 1.62 bits per heavy atom. The number of halogens is 1. The SMILES string of the molecule is CCN(CC)c1nc(Cl)nc(NCC2C(C)(C)C2(C)C)n1. The van der Waals surface area contributed by atoms with Crippen LogP contribution in [0.3, 0.4) is 0 Å². The highest BCUT2D eigenvalue weighted by atomic mass is 35.5. The van der Waals surface area contributed by atoms with E-state index in [2.05, 4.69) is 66.7 Å². The maximum absolute atomic E-state index is 6.02. The summed E-state index contributed by atoms with van der Waals surface area (Å²) in [4.78, 5) is 14.9. The normalized spacial score (nSPS) is 19.4. The second-order valence-electron chi connectivity index (χ2n) is 6.78. The van der Waals surface area contributed by atoms with Crippen LogP contribution in [0.2, 0.25) is 5.28 Å². The second kappa shape index (κ2) is 5.59. The molecule has 0 aromatic carbocycles. The predicted octanol–water partition coefficient (Wildman–Crippen LogP) is 3.47. The monoisotopic (exact) mass is 311 g/mol. The Kier molecular flexibility index (Phi) is 4.34. The van der Waals surface area contributed by atoms with E-state index in [0.717, 1.165) is 19.6 Å². The molecular weight excluding hydrogens is 286 g/mol. The Bertz CT molecular complexity index is 497. The van der Waals surface area contributed by atoms with Gasteiger partial charge in [-0.3, -0.25) is 0 Å². The molecule has 118 valence electrons. The van der Waals surface area contributed by atoms with Gasteiger partial charge in [-0.1, -0.05) is 27.7 Å². The first kappa shape index (κ1) is 16.3. The fraction of sp³-hybridized carbons (Fsp3) is 0.800. The smallest absolute Gasteiger partial charge is 0.231 e. The van der Waals surface area contributed by atoms with Gasteiger partial charge in [0.25, 0.3) is 0 Å². The van der Waals surface area contributed by atoms with E-state index in [9.17, 15) is 0 Å². The van der Waals surface area contributed by atoms with E-state index in [1.165, 1.54) is 0 Å². The lowest BCUT2D eigenvalue weighted by molar-refractivity contribution is 0.457. The van der Waals surface area contributed by atoms with Crippen LogP contribution in [0.15, 0.2) is 0 Å². The second-order valence-corrected chi connectivity index (χ2v) is 7.12. The molecule has 0 aliphatic heterocycles. The molecule has 1 N–H and O–H groups in total. The quantitative estimate of drug-likeness (QED) is 0.872. The standard InChI is InChI=1S/C15H26ClN5/c1-7-21(8-2)13-19-11(16)18-12(20-13)17-9-10-14(3,4)15(10,5)6/h10H,7-9H2,1-6H3,(H,17,18,19,20). The Morgan fingerprint density at radius 3 is 2.10 bits per heavy atom. The molecule has 5 nitrogen and oxygen atoms in total. The van der Waals surface area contributed by atoms with Crippen molar-refractivity contribution in [3.8, 4) is 0 Å². The van der Waals surface area contributed by atoms with E-state index in [1.807, 2.05) is 0 Å². The first-order chi connectivity index (χ1) is 9.73. The molecule has 0 saturated heterocycles. The van der Waals surface area contributed by atoms with Gasteiger partial charge in [-0.2, -0.15) is 15.0 Å². The molecule has 2 rings (SSSR count). The minimum Gasteiger partial charge on any atom is -0.354 e. The van der Waals surface area contributed by atoms with Gasteiger partial charge < -0.3 is 10.2 Å². The van der Waals surface area contributed by atoms with Crippen molar-refractivity contribution in [1.82, 2.24) is 15.0 Å². The lowest BCUT2D eigenvalue weighted by Gasteiger charge is -2.18. The van der Waals surface area contributed by atoms with E-state index in [1.54, 1.807) is 0 Å². The molecule has 1 aliphatic rings. The summed E-state index contributed by atoms with van der Waals surface area (Å²) in [6.45, 7) is 15.9. The number of hydrogen-bond donors (Lipinski definition) is 1. The highest BCUT2D eigenvalue weighted by Crippen LogP contribution is 2.68. The number of aromatic nitrogens is 3. The van der Waals surface area contributed by atoms with Crippen molar-refractivity contribution in [1.29, 1.82) is 0 Å². The average molecular weight is 312 g/mol.